The van der Waals surface area contributed by atoms with Gasteiger partial charge in [-0.2, -0.15) is 0 Å². The zero-order valence-electron chi connectivity index (χ0n) is 11.8. The van der Waals surface area contributed by atoms with E-state index < -0.39 is 0 Å². The van der Waals surface area contributed by atoms with Gasteiger partial charge in [0.05, 0.1) is 15.3 Å². The molecule has 0 atom stereocenters. The van der Waals surface area contributed by atoms with Gasteiger partial charge in [0.2, 0.25) is 0 Å². The van der Waals surface area contributed by atoms with Crippen LogP contribution in [0.15, 0.2) is 46.3 Å². The Hall–Kier alpha value is -1.92. The van der Waals surface area contributed by atoms with Crippen molar-refractivity contribution in [3.63, 3.8) is 0 Å². The maximum Gasteiger partial charge on any atom is 0.330 e. The topological polar surface area (TPSA) is 55.4 Å². The average molecular weight is 380 g/mol. The number of halogens is 1. The predicted molar refractivity (Wildman–Crippen MR) is 92.1 cm³/mol. The van der Waals surface area contributed by atoms with Gasteiger partial charge in [0.15, 0.2) is 0 Å². The molecule has 1 aromatic carbocycles. The van der Waals surface area contributed by atoms with Gasteiger partial charge in [-0.15, -0.1) is 11.3 Å². The second-order valence-electron chi connectivity index (χ2n) is 4.27. The van der Waals surface area contributed by atoms with Gasteiger partial charge in [-0.25, -0.2) is 4.79 Å². The van der Waals surface area contributed by atoms with Crippen molar-refractivity contribution in [3.05, 3.63) is 56.7 Å². The minimum Gasteiger partial charge on any atom is -0.463 e. The summed E-state index contributed by atoms with van der Waals surface area (Å²) in [5.74, 6) is -0.520. The second-order valence-corrected chi connectivity index (χ2v) is 6.73. The largest absolute Gasteiger partial charge is 0.463 e. The number of benzene rings is 1. The minimum atomic E-state index is -0.372. The Morgan fingerprint density at radius 3 is 2.55 bits per heavy atom. The zero-order valence-corrected chi connectivity index (χ0v) is 14.2. The summed E-state index contributed by atoms with van der Waals surface area (Å²) in [5.41, 5.74) is 1.55. The lowest BCUT2D eigenvalue weighted by atomic mass is 10.2. The van der Waals surface area contributed by atoms with E-state index in [0.717, 1.165) is 9.35 Å². The first-order valence-corrected chi connectivity index (χ1v) is 8.21. The van der Waals surface area contributed by atoms with Gasteiger partial charge in [0.25, 0.3) is 5.91 Å². The number of carbonyl (C=O) groups excluding carboxylic acids is 2. The van der Waals surface area contributed by atoms with E-state index in [-0.39, 0.29) is 11.9 Å². The van der Waals surface area contributed by atoms with Gasteiger partial charge in [-0.1, -0.05) is 12.1 Å². The smallest absolute Gasteiger partial charge is 0.330 e. The molecule has 22 heavy (non-hydrogen) atoms. The highest BCUT2D eigenvalue weighted by molar-refractivity contribution is 9.11. The Labute approximate surface area is 140 Å². The molecule has 4 nitrogen and oxygen atoms in total. The summed E-state index contributed by atoms with van der Waals surface area (Å²) in [6.07, 6.45) is 3.04. The van der Waals surface area contributed by atoms with Crippen LogP contribution in [0.2, 0.25) is 0 Å². The molecule has 6 heteroatoms. The van der Waals surface area contributed by atoms with Crippen LogP contribution in [0.3, 0.4) is 0 Å². The Balaban J connectivity index is 1.97. The molecule has 0 radical (unpaired) electrons. The van der Waals surface area contributed by atoms with E-state index in [4.69, 9.17) is 4.74 Å². The minimum absolute atomic E-state index is 0.148. The lowest BCUT2D eigenvalue weighted by Crippen LogP contribution is -2.09. The molecule has 0 aliphatic rings. The summed E-state index contributed by atoms with van der Waals surface area (Å²) in [6.45, 7) is 2.11. The molecule has 0 spiro atoms. The maximum absolute atomic E-state index is 12.0. The zero-order chi connectivity index (χ0) is 15.9. The first kappa shape index (κ1) is 16.5. The first-order chi connectivity index (χ1) is 10.6. The number of thiophene rings is 1. The number of anilines is 1. The van der Waals surface area contributed by atoms with Crippen LogP contribution in [0, 0.1) is 0 Å². The predicted octanol–water partition coefficient (Wildman–Crippen LogP) is 4.34. The summed E-state index contributed by atoms with van der Waals surface area (Å²) in [6, 6.07) is 10.8. The van der Waals surface area contributed by atoms with Gasteiger partial charge < -0.3 is 10.1 Å². The third-order valence-corrected chi connectivity index (χ3v) is 4.29. The number of hydrogen-bond acceptors (Lipinski definition) is 4. The summed E-state index contributed by atoms with van der Waals surface area (Å²) < 4.78 is 5.72. The molecule has 0 saturated heterocycles. The molecule has 0 saturated carbocycles. The van der Waals surface area contributed by atoms with Gasteiger partial charge in [0.1, 0.15) is 0 Å². The SMILES string of the molecule is CCOC(=O)/C=C/c1ccc(NC(=O)c2ccc(Br)s2)cc1. The van der Waals surface area contributed by atoms with Crippen molar-refractivity contribution < 1.29 is 14.3 Å². The summed E-state index contributed by atoms with van der Waals surface area (Å²) in [5, 5.41) is 2.82. The Morgan fingerprint density at radius 1 is 1.23 bits per heavy atom. The molecular formula is C16H14BrNO3S. The van der Waals surface area contributed by atoms with E-state index in [2.05, 4.69) is 21.2 Å². The number of esters is 1. The number of ether oxygens (including phenoxy) is 1. The van der Waals surface area contributed by atoms with E-state index in [1.54, 1.807) is 31.2 Å². The lowest BCUT2D eigenvalue weighted by Gasteiger charge is -2.03. The van der Waals surface area contributed by atoms with E-state index in [9.17, 15) is 9.59 Å². The third-order valence-electron chi connectivity index (χ3n) is 2.66. The Bertz CT molecular complexity index is 692. The number of amides is 1. The maximum atomic E-state index is 12.0. The van der Waals surface area contributed by atoms with Crippen LogP contribution in [-0.2, 0) is 9.53 Å². The van der Waals surface area contributed by atoms with Gasteiger partial charge in [0, 0.05) is 11.8 Å². The number of nitrogens with one attached hydrogen (secondary N) is 1. The number of hydrogen-bond donors (Lipinski definition) is 1. The molecule has 0 bridgehead atoms. The van der Waals surface area contributed by atoms with Crippen LogP contribution in [0.5, 0.6) is 0 Å². The molecule has 0 aliphatic heterocycles. The van der Waals surface area contributed by atoms with E-state index in [1.165, 1.54) is 17.4 Å². The monoisotopic (exact) mass is 379 g/mol. The Morgan fingerprint density at radius 2 is 1.95 bits per heavy atom. The molecule has 0 fully saturated rings. The molecule has 0 aliphatic carbocycles. The molecule has 2 rings (SSSR count). The molecule has 0 unspecified atom stereocenters. The van der Waals surface area contributed by atoms with E-state index in [1.807, 2.05) is 18.2 Å². The third kappa shape index (κ3) is 4.82. The van der Waals surface area contributed by atoms with Gasteiger partial charge in [-0.3, -0.25) is 4.79 Å². The standard InChI is InChI=1S/C16H14BrNO3S/c1-2-21-15(19)10-5-11-3-6-12(7-4-11)18-16(20)13-8-9-14(17)22-13/h3-10H,2H2,1H3,(H,18,20)/b10-5+. The number of carbonyl (C=O) groups is 2. The van der Waals surface area contributed by atoms with Crippen molar-refractivity contribution in [3.8, 4) is 0 Å². The van der Waals surface area contributed by atoms with Gasteiger partial charge in [-0.05, 0) is 58.8 Å². The second kappa shape index (κ2) is 7.91. The average Bonchev–Trinajstić information content (AvgIpc) is 2.93. The van der Waals surface area contributed by atoms with Crippen LogP contribution in [0.4, 0.5) is 5.69 Å². The lowest BCUT2D eigenvalue weighted by molar-refractivity contribution is -0.137. The fourth-order valence-corrected chi connectivity index (χ4v) is 2.94. The van der Waals surface area contributed by atoms with Crippen LogP contribution in [0.1, 0.15) is 22.2 Å². The van der Waals surface area contributed by atoms with Crippen molar-refractivity contribution in [2.75, 3.05) is 11.9 Å². The van der Waals surface area contributed by atoms with Crippen LogP contribution < -0.4 is 5.32 Å². The molecular weight excluding hydrogens is 366 g/mol. The van der Waals surface area contributed by atoms with E-state index >= 15 is 0 Å². The molecule has 1 N–H and O–H groups in total. The fourth-order valence-electron chi connectivity index (χ4n) is 1.66. The molecule has 1 aromatic heterocycles. The quantitative estimate of drug-likeness (QED) is 0.620. The Kier molecular flexibility index (Phi) is 5.91. The summed E-state index contributed by atoms with van der Waals surface area (Å²) in [7, 11) is 0. The van der Waals surface area contributed by atoms with Crippen molar-refractivity contribution in [2.45, 2.75) is 6.92 Å². The summed E-state index contributed by atoms with van der Waals surface area (Å²) >= 11 is 4.70. The highest BCUT2D eigenvalue weighted by Crippen LogP contribution is 2.23. The molecule has 114 valence electrons. The first-order valence-electron chi connectivity index (χ1n) is 6.60. The fraction of sp³-hybridized carbons (Fsp3) is 0.125. The molecule has 1 heterocycles. The van der Waals surface area contributed by atoms with Crippen LogP contribution in [-0.4, -0.2) is 18.5 Å². The highest BCUT2D eigenvalue weighted by atomic mass is 79.9. The normalized spacial score (nSPS) is 10.6. The van der Waals surface area contributed by atoms with Crippen molar-refractivity contribution in [1.82, 2.24) is 0 Å². The molecule has 1 amide bonds. The molecule has 2 aromatic rings. The number of rotatable bonds is 5. The van der Waals surface area contributed by atoms with Crippen LogP contribution in [0.25, 0.3) is 6.08 Å². The highest BCUT2D eigenvalue weighted by Gasteiger charge is 2.08. The summed E-state index contributed by atoms with van der Waals surface area (Å²) in [4.78, 5) is 23.9. The van der Waals surface area contributed by atoms with Crippen LogP contribution >= 0.6 is 27.3 Å². The van der Waals surface area contributed by atoms with E-state index in [0.29, 0.717) is 17.2 Å². The van der Waals surface area contributed by atoms with Crippen molar-refractivity contribution in [2.24, 2.45) is 0 Å². The van der Waals surface area contributed by atoms with Crippen molar-refractivity contribution >= 4 is 50.9 Å². The van der Waals surface area contributed by atoms with Crippen molar-refractivity contribution in [1.29, 1.82) is 0 Å². The van der Waals surface area contributed by atoms with Gasteiger partial charge >= 0.3 is 5.97 Å².